The maximum Gasteiger partial charge on any atom is 0.309 e. The first-order valence-electron chi connectivity index (χ1n) is 7.79. The molecule has 5 nitrogen and oxygen atoms in total. The quantitative estimate of drug-likeness (QED) is 0.789. The summed E-state index contributed by atoms with van der Waals surface area (Å²) in [5, 5.41) is 0. The third-order valence-electron chi connectivity index (χ3n) is 4.81. The maximum absolute atomic E-state index is 12.7. The second-order valence-corrected chi connectivity index (χ2v) is 6.01. The third-order valence-corrected chi connectivity index (χ3v) is 4.81. The van der Waals surface area contributed by atoms with Gasteiger partial charge in [-0.1, -0.05) is 12.8 Å². The van der Waals surface area contributed by atoms with Crippen molar-refractivity contribution in [2.24, 2.45) is 17.1 Å². The Morgan fingerprint density at radius 2 is 1.85 bits per heavy atom. The van der Waals surface area contributed by atoms with Crippen LogP contribution in [0.3, 0.4) is 0 Å². The number of amides is 1. The van der Waals surface area contributed by atoms with Crippen LogP contribution >= 0.6 is 0 Å². The fourth-order valence-electron chi connectivity index (χ4n) is 3.47. The lowest BCUT2D eigenvalue weighted by molar-refractivity contribution is -0.153. The van der Waals surface area contributed by atoms with Gasteiger partial charge in [-0.25, -0.2) is 0 Å². The number of nitrogens with zero attached hydrogens (tertiary/aromatic N) is 1. The highest BCUT2D eigenvalue weighted by Gasteiger charge is 2.43. The summed E-state index contributed by atoms with van der Waals surface area (Å²) in [7, 11) is 0. The lowest BCUT2D eigenvalue weighted by Crippen LogP contribution is -2.50. The number of carbonyl (C=O) groups excluding carboxylic acids is 2. The number of piperidine rings is 1. The van der Waals surface area contributed by atoms with Crippen molar-refractivity contribution in [3.8, 4) is 0 Å². The molecule has 2 fully saturated rings. The molecule has 0 aromatic heterocycles. The Morgan fingerprint density at radius 3 is 2.35 bits per heavy atom. The van der Waals surface area contributed by atoms with E-state index < -0.39 is 0 Å². The topological polar surface area (TPSA) is 72.6 Å². The van der Waals surface area contributed by atoms with Crippen LogP contribution in [0.2, 0.25) is 0 Å². The highest BCUT2D eigenvalue weighted by molar-refractivity contribution is 5.83. The molecule has 1 saturated carbocycles. The van der Waals surface area contributed by atoms with Gasteiger partial charge >= 0.3 is 5.97 Å². The van der Waals surface area contributed by atoms with Crippen LogP contribution in [0.4, 0.5) is 0 Å². The van der Waals surface area contributed by atoms with Crippen molar-refractivity contribution >= 4 is 11.9 Å². The molecule has 2 rings (SSSR count). The van der Waals surface area contributed by atoms with E-state index in [1.54, 1.807) is 0 Å². The molecule has 114 valence electrons. The molecule has 5 heteroatoms. The zero-order chi connectivity index (χ0) is 14.6. The van der Waals surface area contributed by atoms with E-state index in [1.165, 1.54) is 0 Å². The molecule has 1 aliphatic carbocycles. The molecule has 0 unspecified atom stereocenters. The summed E-state index contributed by atoms with van der Waals surface area (Å²) in [4.78, 5) is 26.3. The van der Waals surface area contributed by atoms with Crippen LogP contribution in [0.25, 0.3) is 0 Å². The van der Waals surface area contributed by atoms with Crippen LogP contribution in [0.1, 0.15) is 45.4 Å². The average Bonchev–Trinajstić information content (AvgIpc) is 2.97. The van der Waals surface area contributed by atoms with Crippen molar-refractivity contribution in [2.75, 3.05) is 26.2 Å². The number of rotatable bonds is 4. The summed E-state index contributed by atoms with van der Waals surface area (Å²) < 4.78 is 5.06. The Hall–Kier alpha value is -1.10. The second-order valence-electron chi connectivity index (χ2n) is 6.01. The van der Waals surface area contributed by atoms with Crippen molar-refractivity contribution in [3.05, 3.63) is 0 Å². The molecule has 0 bridgehead atoms. The largest absolute Gasteiger partial charge is 0.466 e. The van der Waals surface area contributed by atoms with Crippen LogP contribution in [0.5, 0.6) is 0 Å². The van der Waals surface area contributed by atoms with Gasteiger partial charge in [0.1, 0.15) is 0 Å². The van der Waals surface area contributed by atoms with E-state index in [2.05, 4.69) is 0 Å². The van der Waals surface area contributed by atoms with Crippen molar-refractivity contribution in [1.29, 1.82) is 0 Å². The molecule has 1 aliphatic heterocycles. The maximum atomic E-state index is 12.7. The summed E-state index contributed by atoms with van der Waals surface area (Å²) in [6.45, 7) is 4.01. The fourth-order valence-corrected chi connectivity index (χ4v) is 3.47. The normalized spacial score (nSPS) is 22.8. The van der Waals surface area contributed by atoms with Gasteiger partial charge in [0.2, 0.25) is 5.91 Å². The summed E-state index contributed by atoms with van der Waals surface area (Å²) in [6, 6.07) is 0. The molecule has 1 amide bonds. The van der Waals surface area contributed by atoms with Crippen LogP contribution in [-0.2, 0) is 14.3 Å². The summed E-state index contributed by atoms with van der Waals surface area (Å²) in [5.41, 5.74) is 5.55. The van der Waals surface area contributed by atoms with Gasteiger partial charge in [-0.3, -0.25) is 9.59 Å². The molecule has 1 heterocycles. The number of hydrogen-bond acceptors (Lipinski definition) is 4. The van der Waals surface area contributed by atoms with E-state index in [1.807, 2.05) is 11.8 Å². The van der Waals surface area contributed by atoms with Crippen molar-refractivity contribution < 1.29 is 14.3 Å². The van der Waals surface area contributed by atoms with Gasteiger partial charge in [0, 0.05) is 19.6 Å². The van der Waals surface area contributed by atoms with Crippen LogP contribution in [0, 0.1) is 11.3 Å². The zero-order valence-electron chi connectivity index (χ0n) is 12.4. The van der Waals surface area contributed by atoms with Gasteiger partial charge in [0.05, 0.1) is 17.9 Å². The number of likely N-dealkylation sites (tertiary alicyclic amines) is 1. The minimum Gasteiger partial charge on any atom is -0.466 e. The Morgan fingerprint density at radius 1 is 1.25 bits per heavy atom. The fraction of sp³-hybridized carbons (Fsp3) is 0.867. The Labute approximate surface area is 120 Å². The Kier molecular flexibility index (Phi) is 5.02. The molecule has 0 aromatic carbocycles. The average molecular weight is 282 g/mol. The standard InChI is InChI=1S/C15H26N2O3/c1-2-20-13(18)12-5-9-17(10-6-12)14(19)15(11-16)7-3-4-8-15/h12H,2-11,16H2,1H3. The van der Waals surface area contributed by atoms with Crippen LogP contribution in [0.15, 0.2) is 0 Å². The highest BCUT2D eigenvalue weighted by Crippen LogP contribution is 2.39. The summed E-state index contributed by atoms with van der Waals surface area (Å²) >= 11 is 0. The molecule has 0 radical (unpaired) electrons. The summed E-state index contributed by atoms with van der Waals surface area (Å²) in [6.07, 6.45) is 5.46. The van der Waals surface area contributed by atoms with E-state index in [9.17, 15) is 9.59 Å². The minimum atomic E-state index is -0.323. The Bertz CT molecular complexity index is 356. The van der Waals surface area contributed by atoms with Crippen molar-refractivity contribution in [1.82, 2.24) is 4.90 Å². The van der Waals surface area contributed by atoms with Crippen molar-refractivity contribution in [2.45, 2.75) is 45.4 Å². The van der Waals surface area contributed by atoms with E-state index in [-0.39, 0.29) is 23.2 Å². The SMILES string of the molecule is CCOC(=O)C1CCN(C(=O)C2(CN)CCCC2)CC1. The van der Waals surface area contributed by atoms with Gasteiger partial charge < -0.3 is 15.4 Å². The molecular weight excluding hydrogens is 256 g/mol. The first-order chi connectivity index (χ1) is 9.63. The zero-order valence-corrected chi connectivity index (χ0v) is 12.4. The molecule has 2 aliphatic rings. The first kappa shape index (κ1) is 15.3. The number of ether oxygens (including phenoxy) is 1. The molecular formula is C15H26N2O3. The molecule has 0 spiro atoms. The smallest absolute Gasteiger partial charge is 0.309 e. The number of esters is 1. The second kappa shape index (κ2) is 6.57. The number of hydrogen-bond donors (Lipinski definition) is 1. The van der Waals surface area contributed by atoms with Gasteiger partial charge in [0.25, 0.3) is 0 Å². The monoisotopic (exact) mass is 282 g/mol. The number of nitrogens with two attached hydrogens (primary N) is 1. The van der Waals surface area contributed by atoms with Gasteiger partial charge in [-0.05, 0) is 32.6 Å². The summed E-state index contributed by atoms with van der Waals surface area (Å²) in [5.74, 6) is 0.0465. The predicted molar refractivity (Wildman–Crippen MR) is 75.9 cm³/mol. The van der Waals surface area contributed by atoms with E-state index in [4.69, 9.17) is 10.5 Å². The molecule has 20 heavy (non-hydrogen) atoms. The lowest BCUT2D eigenvalue weighted by atomic mass is 9.83. The molecule has 2 N–H and O–H groups in total. The first-order valence-corrected chi connectivity index (χ1v) is 7.79. The molecule has 1 saturated heterocycles. The van der Waals surface area contributed by atoms with E-state index >= 15 is 0 Å². The van der Waals surface area contributed by atoms with Crippen LogP contribution < -0.4 is 5.73 Å². The number of carbonyl (C=O) groups is 2. The predicted octanol–water partition coefficient (Wildman–Crippen LogP) is 1.31. The van der Waals surface area contributed by atoms with Crippen LogP contribution in [-0.4, -0.2) is 43.0 Å². The highest BCUT2D eigenvalue weighted by atomic mass is 16.5. The molecule has 0 aromatic rings. The van der Waals surface area contributed by atoms with E-state index in [0.29, 0.717) is 39.1 Å². The molecule has 0 atom stereocenters. The van der Waals surface area contributed by atoms with Gasteiger partial charge in [-0.15, -0.1) is 0 Å². The minimum absolute atomic E-state index is 0.0450. The van der Waals surface area contributed by atoms with Gasteiger partial charge in [0.15, 0.2) is 0 Å². The Balaban J connectivity index is 1.90. The van der Waals surface area contributed by atoms with Crippen molar-refractivity contribution in [3.63, 3.8) is 0 Å². The van der Waals surface area contributed by atoms with E-state index in [0.717, 1.165) is 25.7 Å². The third kappa shape index (κ3) is 2.97. The van der Waals surface area contributed by atoms with Gasteiger partial charge in [-0.2, -0.15) is 0 Å². The lowest BCUT2D eigenvalue weighted by Gasteiger charge is -2.37.